The molecule has 0 fully saturated rings. The monoisotopic (exact) mass is 579 g/mol. The molecule has 0 aliphatic carbocycles. The van der Waals surface area contributed by atoms with Gasteiger partial charge in [-0.3, -0.25) is 4.99 Å². The third-order valence-corrected chi connectivity index (χ3v) is 6.55. The second-order valence-corrected chi connectivity index (χ2v) is 12.2. The number of alkyl carbamates (subject to hydrolysis) is 1. The van der Waals surface area contributed by atoms with Gasteiger partial charge < -0.3 is 25.6 Å². The number of amides is 1. The van der Waals surface area contributed by atoms with Crippen LogP contribution in [0.4, 0.5) is 4.79 Å². The molecule has 0 aliphatic heterocycles. The van der Waals surface area contributed by atoms with Crippen molar-refractivity contribution in [2.45, 2.75) is 59.3 Å². The summed E-state index contributed by atoms with van der Waals surface area (Å²) in [5.74, 6) is -2.64. The predicted octanol–water partition coefficient (Wildman–Crippen LogP) is 2.95. The molecule has 1 amide bonds. The summed E-state index contributed by atoms with van der Waals surface area (Å²) in [5.41, 5.74) is 2.59. The number of carboxylic acid groups (broad SMARTS) is 1. The molecule has 1 rings (SSSR count). The first-order valence-corrected chi connectivity index (χ1v) is 12.6. The van der Waals surface area contributed by atoms with Crippen LogP contribution in [0.5, 0.6) is 0 Å². The Labute approximate surface area is 218 Å². The summed E-state index contributed by atoms with van der Waals surface area (Å²) in [6.07, 6.45) is -1.02. The minimum absolute atomic E-state index is 0. The molecule has 0 saturated carbocycles. The van der Waals surface area contributed by atoms with Crippen molar-refractivity contribution < 1.29 is 32.6 Å². The number of nitrogens with two attached hydrogens (primary N) is 1. The van der Waals surface area contributed by atoms with Gasteiger partial charge in [-0.25, -0.2) is 18.0 Å². The number of hydrogen-bond acceptors (Lipinski definition) is 7. The summed E-state index contributed by atoms with van der Waals surface area (Å²) in [6, 6.07) is 9.45. The van der Waals surface area contributed by atoms with E-state index in [4.69, 9.17) is 15.2 Å². The summed E-state index contributed by atoms with van der Waals surface area (Å²) >= 11 is 0. The predicted molar refractivity (Wildman–Crippen MR) is 141 cm³/mol. The van der Waals surface area contributed by atoms with E-state index in [1.165, 1.54) is 20.8 Å². The second-order valence-electron chi connectivity index (χ2n) is 10.0. The van der Waals surface area contributed by atoms with Gasteiger partial charge in [0.15, 0.2) is 15.4 Å². The Morgan fingerprint density at radius 1 is 1.09 bits per heavy atom. The number of halogens is 1. The quantitative estimate of drug-likeness (QED) is 0.266. The van der Waals surface area contributed by atoms with Crippen LogP contribution in [-0.4, -0.2) is 67.2 Å². The van der Waals surface area contributed by atoms with E-state index in [1.54, 1.807) is 20.8 Å². The van der Waals surface area contributed by atoms with Crippen LogP contribution in [0, 0.1) is 5.41 Å². The highest BCUT2D eigenvalue weighted by Crippen LogP contribution is 2.33. The first kappa shape index (κ1) is 32.8. The van der Waals surface area contributed by atoms with Gasteiger partial charge in [0.25, 0.3) is 0 Å². The molecule has 0 saturated heterocycles. The molecule has 12 heteroatoms. The molecule has 1 aromatic rings. The van der Waals surface area contributed by atoms with Gasteiger partial charge in [0.2, 0.25) is 0 Å². The molecule has 10 nitrogen and oxygen atoms in total. The number of rotatable bonds is 11. The number of hydrogen-bond donors (Lipinski definition) is 3. The average Bonchev–Trinajstić information content (AvgIpc) is 2.65. The number of ether oxygens (including phenoxy) is 2. The molecule has 0 heterocycles. The second kappa shape index (κ2) is 13.2. The average molecular weight is 581 g/mol. The number of sulfone groups is 1. The summed E-state index contributed by atoms with van der Waals surface area (Å²) < 4.78 is 36.3. The smallest absolute Gasteiger partial charge is 0.408 e. The van der Waals surface area contributed by atoms with Gasteiger partial charge in [-0.1, -0.05) is 51.1 Å². The number of amidine groups is 1. The number of carboxylic acids is 1. The molecule has 0 radical (unpaired) electrons. The van der Waals surface area contributed by atoms with E-state index < -0.39 is 50.0 Å². The van der Waals surface area contributed by atoms with E-state index in [1.807, 2.05) is 30.3 Å². The number of nitrogens with zero attached hydrogens (tertiary/aromatic N) is 1. The van der Waals surface area contributed by atoms with Gasteiger partial charge >= 0.3 is 12.1 Å². The SMILES string of the molecule is Br.CC(C)(C)OC(=O)NC(CS(=O)(=O)CCN=C(N)COCc1ccccc1)(C(=O)O)C(C)(C)C. The number of aliphatic carboxylic acids is 1. The van der Waals surface area contributed by atoms with Gasteiger partial charge in [0.05, 0.1) is 24.7 Å². The molecule has 4 N–H and O–H groups in total. The van der Waals surface area contributed by atoms with Crippen LogP contribution in [-0.2, 0) is 30.7 Å². The minimum atomic E-state index is -3.97. The van der Waals surface area contributed by atoms with Crippen molar-refractivity contribution >= 4 is 44.7 Å². The number of carbonyl (C=O) groups excluding carboxylic acids is 1. The molecular formula is C23H38BrN3O7S. The van der Waals surface area contributed by atoms with Crippen LogP contribution in [0.25, 0.3) is 0 Å². The normalized spacial score (nSPS) is 14.4. The fourth-order valence-electron chi connectivity index (χ4n) is 2.98. The van der Waals surface area contributed by atoms with Crippen LogP contribution in [0.2, 0.25) is 0 Å². The third kappa shape index (κ3) is 11.4. The summed E-state index contributed by atoms with van der Waals surface area (Å²) in [4.78, 5) is 28.7. The lowest BCUT2D eigenvalue weighted by molar-refractivity contribution is -0.148. The van der Waals surface area contributed by atoms with Crippen LogP contribution in [0.15, 0.2) is 35.3 Å². The third-order valence-electron chi connectivity index (χ3n) is 4.87. The molecule has 1 unspecified atom stereocenters. The zero-order chi connectivity index (χ0) is 26.2. The van der Waals surface area contributed by atoms with Crippen molar-refractivity contribution in [1.29, 1.82) is 0 Å². The van der Waals surface area contributed by atoms with E-state index >= 15 is 0 Å². The van der Waals surface area contributed by atoms with Crippen LogP contribution in [0.1, 0.15) is 47.1 Å². The first-order chi connectivity index (χ1) is 15.5. The van der Waals surface area contributed by atoms with Crippen LogP contribution in [0.3, 0.4) is 0 Å². The van der Waals surface area contributed by atoms with Gasteiger partial charge in [0, 0.05) is 0 Å². The summed E-state index contributed by atoms with van der Waals surface area (Å²) in [7, 11) is -3.97. The molecule has 1 atom stereocenters. The largest absolute Gasteiger partial charge is 0.479 e. The van der Waals surface area contributed by atoms with Crippen LogP contribution >= 0.6 is 17.0 Å². The van der Waals surface area contributed by atoms with E-state index in [0.717, 1.165) is 5.56 Å². The Kier molecular flexibility index (Phi) is 12.4. The van der Waals surface area contributed by atoms with Crippen LogP contribution < -0.4 is 11.1 Å². The maximum absolute atomic E-state index is 12.8. The van der Waals surface area contributed by atoms with E-state index in [9.17, 15) is 23.1 Å². The summed E-state index contributed by atoms with van der Waals surface area (Å²) in [6.45, 7) is 9.65. The fourth-order valence-corrected chi connectivity index (χ4v) is 4.78. The molecule has 0 spiro atoms. The Balaban J connectivity index is 0.0000116. The van der Waals surface area contributed by atoms with Gasteiger partial charge in [-0.2, -0.15) is 0 Å². The van der Waals surface area contributed by atoms with Crippen molar-refractivity contribution in [3.05, 3.63) is 35.9 Å². The Bertz CT molecular complexity index is 971. The lowest BCUT2D eigenvalue weighted by Gasteiger charge is -2.41. The molecule has 35 heavy (non-hydrogen) atoms. The first-order valence-electron chi connectivity index (χ1n) is 10.8. The number of carbonyl (C=O) groups is 2. The van der Waals surface area contributed by atoms with E-state index in [2.05, 4.69) is 10.3 Å². The molecule has 0 aliphatic rings. The topological polar surface area (TPSA) is 157 Å². The van der Waals surface area contributed by atoms with Crippen molar-refractivity contribution in [2.24, 2.45) is 16.1 Å². The van der Waals surface area contributed by atoms with Gasteiger partial charge in [0.1, 0.15) is 18.0 Å². The van der Waals surface area contributed by atoms with Crippen molar-refractivity contribution in [1.82, 2.24) is 5.32 Å². The maximum Gasteiger partial charge on any atom is 0.408 e. The lowest BCUT2D eigenvalue weighted by atomic mass is 9.74. The zero-order valence-corrected chi connectivity index (χ0v) is 23.7. The Morgan fingerprint density at radius 2 is 1.66 bits per heavy atom. The summed E-state index contributed by atoms with van der Waals surface area (Å²) in [5, 5.41) is 12.3. The highest BCUT2D eigenvalue weighted by atomic mass is 79.9. The molecule has 0 bridgehead atoms. The van der Waals surface area contributed by atoms with Crippen molar-refractivity contribution in [3.8, 4) is 0 Å². The van der Waals surface area contributed by atoms with Crippen molar-refractivity contribution in [3.63, 3.8) is 0 Å². The van der Waals surface area contributed by atoms with E-state index in [-0.39, 0.29) is 36.0 Å². The van der Waals surface area contributed by atoms with Crippen molar-refractivity contribution in [2.75, 3.05) is 24.7 Å². The molecular weight excluding hydrogens is 542 g/mol. The minimum Gasteiger partial charge on any atom is -0.479 e. The van der Waals surface area contributed by atoms with Gasteiger partial charge in [-0.15, -0.1) is 17.0 Å². The number of nitrogens with one attached hydrogen (secondary N) is 1. The Hall–Kier alpha value is -2.18. The molecule has 1 aromatic carbocycles. The van der Waals surface area contributed by atoms with E-state index in [0.29, 0.717) is 6.61 Å². The molecule has 0 aromatic heterocycles. The number of aliphatic imine (C=N–C) groups is 1. The van der Waals surface area contributed by atoms with Gasteiger partial charge in [-0.05, 0) is 31.7 Å². The molecule has 200 valence electrons. The fraction of sp³-hybridized carbons (Fsp3) is 0.609. The lowest BCUT2D eigenvalue weighted by Crippen LogP contribution is -2.66. The maximum atomic E-state index is 12.8. The highest BCUT2D eigenvalue weighted by molar-refractivity contribution is 8.93. The standard InChI is InChI=1S/C23H37N3O7S.BrH/c1-21(2,3)23(19(27)28,26-20(29)33-22(4,5)6)16-34(30,31)13-12-25-18(24)15-32-14-17-10-8-7-9-11-17;/h7-11H,12-16H2,1-6H3,(H2,24,25)(H,26,29)(H,27,28);1H. The Morgan fingerprint density at radius 3 is 2.14 bits per heavy atom. The highest BCUT2D eigenvalue weighted by Gasteiger charge is 2.53. The zero-order valence-electron chi connectivity index (χ0n) is 21.2. The number of benzene rings is 1.